The summed E-state index contributed by atoms with van der Waals surface area (Å²) in [6.45, 7) is 8.39. The number of ether oxygens (including phenoxy) is 2. The Morgan fingerprint density at radius 3 is 2.73 bits per heavy atom. The van der Waals surface area contributed by atoms with Gasteiger partial charge < -0.3 is 18.9 Å². The van der Waals surface area contributed by atoms with Crippen LogP contribution in [-0.4, -0.2) is 53.3 Å². The van der Waals surface area contributed by atoms with Crippen molar-refractivity contribution in [1.29, 1.82) is 0 Å². The van der Waals surface area contributed by atoms with Crippen molar-refractivity contribution in [1.82, 2.24) is 19.9 Å². The Morgan fingerprint density at radius 1 is 1.17 bits per heavy atom. The highest BCUT2D eigenvalue weighted by molar-refractivity contribution is 7.98. The van der Waals surface area contributed by atoms with E-state index in [0.29, 0.717) is 11.7 Å². The summed E-state index contributed by atoms with van der Waals surface area (Å²) in [6.07, 6.45) is 0. The van der Waals surface area contributed by atoms with Crippen LogP contribution in [0.1, 0.15) is 19.6 Å². The molecule has 3 heterocycles. The van der Waals surface area contributed by atoms with Gasteiger partial charge in [-0.1, -0.05) is 42.9 Å². The van der Waals surface area contributed by atoms with E-state index in [4.69, 9.17) is 14.0 Å². The van der Waals surface area contributed by atoms with E-state index in [0.717, 1.165) is 66.7 Å². The number of para-hydroxylation sites is 1. The average Bonchev–Trinajstić information content (AvgIpc) is 3.39. The lowest BCUT2D eigenvalue weighted by Gasteiger charge is -2.28. The molecule has 9 heteroatoms. The van der Waals surface area contributed by atoms with Crippen LogP contribution in [0.25, 0.3) is 11.3 Å². The Balaban J connectivity index is 1.50. The minimum Gasteiger partial charge on any atom is -0.496 e. The molecular weight excluding hydrogens is 402 g/mol. The Labute approximate surface area is 180 Å². The van der Waals surface area contributed by atoms with Gasteiger partial charge in [0.15, 0.2) is 5.16 Å². The lowest BCUT2D eigenvalue weighted by molar-refractivity contribution is 0.121. The van der Waals surface area contributed by atoms with E-state index in [9.17, 15) is 0 Å². The minimum atomic E-state index is 0.488. The zero-order chi connectivity index (χ0) is 20.9. The summed E-state index contributed by atoms with van der Waals surface area (Å²) in [5, 5.41) is 14.1. The summed E-state index contributed by atoms with van der Waals surface area (Å²) in [5.74, 6) is 3.59. The molecule has 0 aliphatic carbocycles. The second kappa shape index (κ2) is 9.53. The zero-order valence-electron chi connectivity index (χ0n) is 17.6. The van der Waals surface area contributed by atoms with Gasteiger partial charge in [-0.2, -0.15) is 0 Å². The second-order valence-electron chi connectivity index (χ2n) is 7.55. The molecular formula is C21H27N5O3S. The van der Waals surface area contributed by atoms with Crippen LogP contribution in [0.5, 0.6) is 5.75 Å². The molecule has 0 bridgehead atoms. The van der Waals surface area contributed by atoms with Crippen molar-refractivity contribution in [2.75, 3.05) is 38.3 Å². The molecule has 1 fully saturated rings. The molecule has 8 nitrogen and oxygen atoms in total. The summed E-state index contributed by atoms with van der Waals surface area (Å²) in [6, 6.07) is 9.74. The van der Waals surface area contributed by atoms with Gasteiger partial charge >= 0.3 is 0 Å². The van der Waals surface area contributed by atoms with Gasteiger partial charge in [-0.25, -0.2) is 0 Å². The molecule has 2 aromatic heterocycles. The highest BCUT2D eigenvalue weighted by Gasteiger charge is 2.21. The van der Waals surface area contributed by atoms with Crippen LogP contribution in [0.15, 0.2) is 40.0 Å². The molecule has 1 aliphatic heterocycles. The quantitative estimate of drug-likeness (QED) is 0.501. The highest BCUT2D eigenvalue weighted by atomic mass is 32.2. The second-order valence-corrected chi connectivity index (χ2v) is 8.50. The molecule has 0 radical (unpaired) electrons. The SMILES string of the molecule is COc1ccccc1-c1cc(CSc2nnc(N3CCOCC3)n2CC(C)C)on1. The predicted molar refractivity (Wildman–Crippen MR) is 116 cm³/mol. The number of rotatable bonds is 8. The van der Waals surface area contributed by atoms with Crippen LogP contribution < -0.4 is 9.64 Å². The fourth-order valence-electron chi connectivity index (χ4n) is 3.41. The summed E-state index contributed by atoms with van der Waals surface area (Å²) in [5.41, 5.74) is 1.68. The zero-order valence-corrected chi connectivity index (χ0v) is 18.4. The molecule has 3 aromatic rings. The van der Waals surface area contributed by atoms with Gasteiger partial charge in [-0.3, -0.25) is 4.57 Å². The van der Waals surface area contributed by atoms with Gasteiger partial charge in [0, 0.05) is 31.3 Å². The number of aromatic nitrogens is 4. The highest BCUT2D eigenvalue weighted by Crippen LogP contribution is 2.31. The topological polar surface area (TPSA) is 78.4 Å². The number of thioether (sulfide) groups is 1. The van der Waals surface area contributed by atoms with Crippen molar-refractivity contribution in [3.8, 4) is 17.0 Å². The molecule has 0 spiro atoms. The van der Waals surface area contributed by atoms with Gasteiger partial charge in [-0.15, -0.1) is 10.2 Å². The monoisotopic (exact) mass is 429 g/mol. The van der Waals surface area contributed by atoms with Crippen LogP contribution in [0.4, 0.5) is 5.95 Å². The first kappa shape index (κ1) is 20.7. The third kappa shape index (κ3) is 4.62. The average molecular weight is 430 g/mol. The Bertz CT molecular complexity index is 965. The molecule has 0 atom stereocenters. The Hall–Kier alpha value is -2.52. The lowest BCUT2D eigenvalue weighted by atomic mass is 10.1. The minimum absolute atomic E-state index is 0.488. The van der Waals surface area contributed by atoms with E-state index in [-0.39, 0.29) is 0 Å². The summed E-state index contributed by atoms with van der Waals surface area (Å²) >= 11 is 1.61. The van der Waals surface area contributed by atoms with E-state index in [1.54, 1.807) is 18.9 Å². The molecule has 0 unspecified atom stereocenters. The molecule has 30 heavy (non-hydrogen) atoms. The van der Waals surface area contributed by atoms with E-state index in [1.807, 2.05) is 30.3 Å². The maximum atomic E-state index is 5.57. The maximum absolute atomic E-state index is 5.57. The molecule has 0 saturated carbocycles. The standard InChI is InChI=1S/C21H27N5O3S/c1-15(2)13-26-20(25-8-10-28-11-9-25)22-23-21(26)30-14-16-12-18(24-29-16)17-6-4-5-7-19(17)27-3/h4-7,12,15H,8-11,13-14H2,1-3H3. The van der Waals surface area contributed by atoms with Crippen LogP contribution in [0.3, 0.4) is 0 Å². The number of nitrogens with zero attached hydrogens (tertiary/aromatic N) is 5. The van der Waals surface area contributed by atoms with E-state index >= 15 is 0 Å². The van der Waals surface area contributed by atoms with E-state index in [2.05, 4.69) is 38.7 Å². The van der Waals surface area contributed by atoms with Crippen molar-refractivity contribution in [3.05, 3.63) is 36.1 Å². The number of hydrogen-bond donors (Lipinski definition) is 0. The molecule has 1 aromatic carbocycles. The first-order valence-corrected chi connectivity index (χ1v) is 11.1. The predicted octanol–water partition coefficient (Wildman–Crippen LogP) is 3.73. The fourth-order valence-corrected chi connectivity index (χ4v) is 4.23. The van der Waals surface area contributed by atoms with E-state index in [1.165, 1.54) is 0 Å². The van der Waals surface area contributed by atoms with Crippen LogP contribution in [0.2, 0.25) is 0 Å². The molecule has 0 amide bonds. The number of benzene rings is 1. The van der Waals surface area contributed by atoms with Crippen LogP contribution in [-0.2, 0) is 17.0 Å². The van der Waals surface area contributed by atoms with Crippen molar-refractivity contribution >= 4 is 17.7 Å². The molecule has 1 saturated heterocycles. The van der Waals surface area contributed by atoms with Crippen molar-refractivity contribution in [2.24, 2.45) is 5.92 Å². The number of methoxy groups -OCH3 is 1. The third-order valence-electron chi connectivity index (χ3n) is 4.82. The van der Waals surface area contributed by atoms with Gasteiger partial charge in [0.25, 0.3) is 0 Å². The number of morpholine rings is 1. The maximum Gasteiger partial charge on any atom is 0.228 e. The Kier molecular flexibility index (Phi) is 6.59. The van der Waals surface area contributed by atoms with Gasteiger partial charge in [0.05, 0.1) is 26.1 Å². The van der Waals surface area contributed by atoms with E-state index < -0.39 is 0 Å². The molecule has 1 aliphatic rings. The van der Waals surface area contributed by atoms with Crippen molar-refractivity contribution in [3.63, 3.8) is 0 Å². The first-order chi connectivity index (χ1) is 14.7. The lowest BCUT2D eigenvalue weighted by Crippen LogP contribution is -2.38. The van der Waals surface area contributed by atoms with Gasteiger partial charge in [0.1, 0.15) is 17.2 Å². The van der Waals surface area contributed by atoms with Gasteiger partial charge in [0.2, 0.25) is 5.95 Å². The normalized spacial score (nSPS) is 14.5. The fraction of sp³-hybridized carbons (Fsp3) is 0.476. The molecule has 4 rings (SSSR count). The summed E-state index contributed by atoms with van der Waals surface area (Å²) < 4.78 is 18.7. The summed E-state index contributed by atoms with van der Waals surface area (Å²) in [7, 11) is 1.66. The van der Waals surface area contributed by atoms with Crippen molar-refractivity contribution < 1.29 is 14.0 Å². The smallest absolute Gasteiger partial charge is 0.228 e. The van der Waals surface area contributed by atoms with Crippen molar-refractivity contribution in [2.45, 2.75) is 31.3 Å². The van der Waals surface area contributed by atoms with Gasteiger partial charge in [-0.05, 0) is 18.1 Å². The van der Waals surface area contributed by atoms with Crippen LogP contribution in [0, 0.1) is 5.92 Å². The third-order valence-corrected chi connectivity index (χ3v) is 5.81. The van der Waals surface area contributed by atoms with Crippen LogP contribution >= 0.6 is 11.8 Å². The first-order valence-electron chi connectivity index (χ1n) is 10.1. The number of hydrogen-bond acceptors (Lipinski definition) is 8. The molecule has 160 valence electrons. The number of anilines is 1. The molecule has 0 N–H and O–H groups in total. The summed E-state index contributed by atoms with van der Waals surface area (Å²) in [4.78, 5) is 2.25. The Morgan fingerprint density at radius 2 is 1.97 bits per heavy atom. The largest absolute Gasteiger partial charge is 0.496 e.